The molecule has 0 aromatic carbocycles. The lowest BCUT2D eigenvalue weighted by Crippen LogP contribution is -2.12. The summed E-state index contributed by atoms with van der Waals surface area (Å²) in [6, 6.07) is 1.47. The third-order valence-electron chi connectivity index (χ3n) is 1.70. The van der Waals surface area contributed by atoms with Gasteiger partial charge in [0.1, 0.15) is 11.6 Å². The topological polar surface area (TPSA) is 57.8 Å². The summed E-state index contributed by atoms with van der Waals surface area (Å²) in [7, 11) is 0. The molecule has 1 heterocycles. The molecule has 72 valence electrons. The first-order valence-electron chi connectivity index (χ1n) is 4.54. The molecule has 0 aliphatic heterocycles. The zero-order chi connectivity index (χ0) is 9.68. The maximum absolute atomic E-state index is 11.0. The second kappa shape index (κ2) is 4.64. The Morgan fingerprint density at radius 3 is 3.00 bits per heavy atom. The van der Waals surface area contributed by atoms with Crippen molar-refractivity contribution in [2.75, 3.05) is 11.9 Å². The van der Waals surface area contributed by atoms with Crippen LogP contribution in [0.4, 0.5) is 5.82 Å². The van der Waals surface area contributed by atoms with Gasteiger partial charge in [-0.2, -0.15) is 0 Å². The lowest BCUT2D eigenvalue weighted by atomic mass is 10.3. The quantitative estimate of drug-likeness (QED) is 0.688. The minimum atomic E-state index is -0.105. The smallest absolute Gasteiger partial charge is 0.252 e. The molecule has 0 radical (unpaired) electrons. The van der Waals surface area contributed by atoms with E-state index < -0.39 is 0 Å². The van der Waals surface area contributed by atoms with Crippen LogP contribution in [0, 0.1) is 6.92 Å². The van der Waals surface area contributed by atoms with E-state index >= 15 is 0 Å². The van der Waals surface area contributed by atoms with Gasteiger partial charge in [0, 0.05) is 12.6 Å². The van der Waals surface area contributed by atoms with Crippen LogP contribution in [0.2, 0.25) is 0 Å². The van der Waals surface area contributed by atoms with Crippen molar-refractivity contribution in [2.45, 2.75) is 26.7 Å². The van der Waals surface area contributed by atoms with Crippen LogP contribution in [0.15, 0.2) is 10.9 Å². The number of aromatic amines is 1. The Hall–Kier alpha value is -1.32. The minimum absolute atomic E-state index is 0.105. The van der Waals surface area contributed by atoms with Crippen LogP contribution in [0.1, 0.15) is 25.6 Å². The third-order valence-corrected chi connectivity index (χ3v) is 1.70. The Kier molecular flexibility index (Phi) is 3.49. The van der Waals surface area contributed by atoms with Gasteiger partial charge in [-0.25, -0.2) is 4.98 Å². The molecular formula is C9H15N3O. The normalized spacial score (nSPS) is 10.0. The Morgan fingerprint density at radius 1 is 1.62 bits per heavy atom. The monoisotopic (exact) mass is 181 g/mol. The van der Waals surface area contributed by atoms with Crippen LogP contribution in [0.5, 0.6) is 0 Å². The molecule has 1 aromatic rings. The van der Waals surface area contributed by atoms with Gasteiger partial charge in [-0.3, -0.25) is 4.79 Å². The predicted octanol–water partition coefficient (Wildman–Crippen LogP) is 1.29. The highest BCUT2D eigenvalue weighted by molar-refractivity contribution is 5.32. The molecule has 0 saturated carbocycles. The highest BCUT2D eigenvalue weighted by Crippen LogP contribution is 1.98. The van der Waals surface area contributed by atoms with E-state index in [1.54, 1.807) is 6.92 Å². The number of hydrogen-bond acceptors (Lipinski definition) is 3. The molecule has 0 fully saturated rings. The van der Waals surface area contributed by atoms with Gasteiger partial charge in [-0.15, -0.1) is 0 Å². The summed E-state index contributed by atoms with van der Waals surface area (Å²) >= 11 is 0. The van der Waals surface area contributed by atoms with Crippen LogP contribution in [0.25, 0.3) is 0 Å². The molecule has 2 N–H and O–H groups in total. The number of H-pyrrole nitrogens is 1. The third kappa shape index (κ3) is 3.27. The largest absolute Gasteiger partial charge is 0.370 e. The highest BCUT2D eigenvalue weighted by Gasteiger charge is 1.95. The molecule has 1 aromatic heterocycles. The second-order valence-corrected chi connectivity index (χ2v) is 3.00. The number of hydrogen-bond donors (Lipinski definition) is 2. The standard InChI is InChI=1S/C9H15N3O/c1-3-4-5-10-8-6-9(13)12-7(2)11-8/h6H,3-5H2,1-2H3,(H2,10,11,12,13). The summed E-state index contributed by atoms with van der Waals surface area (Å²) in [5.74, 6) is 1.31. The SMILES string of the molecule is CCCCNc1cc(=O)[nH]c(C)n1. The van der Waals surface area contributed by atoms with Crippen molar-refractivity contribution in [1.82, 2.24) is 9.97 Å². The number of rotatable bonds is 4. The van der Waals surface area contributed by atoms with E-state index in [-0.39, 0.29) is 5.56 Å². The molecule has 4 heteroatoms. The summed E-state index contributed by atoms with van der Waals surface area (Å²) in [4.78, 5) is 17.7. The van der Waals surface area contributed by atoms with Crippen molar-refractivity contribution in [3.63, 3.8) is 0 Å². The van der Waals surface area contributed by atoms with Gasteiger partial charge >= 0.3 is 0 Å². The highest BCUT2D eigenvalue weighted by atomic mass is 16.1. The molecule has 0 amide bonds. The summed E-state index contributed by atoms with van der Waals surface area (Å²) < 4.78 is 0. The summed E-state index contributed by atoms with van der Waals surface area (Å²) in [6.45, 7) is 4.76. The first kappa shape index (κ1) is 9.77. The van der Waals surface area contributed by atoms with E-state index in [0.29, 0.717) is 11.6 Å². The molecule has 0 atom stereocenters. The molecule has 0 bridgehead atoms. The number of nitrogens with one attached hydrogen (secondary N) is 2. The Bertz CT molecular complexity index is 319. The average molecular weight is 181 g/mol. The van der Waals surface area contributed by atoms with Gasteiger partial charge in [0.05, 0.1) is 0 Å². The molecule has 0 unspecified atom stereocenters. The first-order chi connectivity index (χ1) is 6.22. The number of unbranched alkanes of at least 4 members (excludes halogenated alkanes) is 1. The molecule has 1 rings (SSSR count). The van der Waals surface area contributed by atoms with Crippen LogP contribution in [-0.2, 0) is 0 Å². The van der Waals surface area contributed by atoms with Crippen LogP contribution in [-0.4, -0.2) is 16.5 Å². The molecule has 0 aliphatic rings. The van der Waals surface area contributed by atoms with E-state index in [9.17, 15) is 4.79 Å². The van der Waals surface area contributed by atoms with Crippen LogP contribution in [0.3, 0.4) is 0 Å². The fraction of sp³-hybridized carbons (Fsp3) is 0.556. The van der Waals surface area contributed by atoms with Crippen molar-refractivity contribution in [3.05, 3.63) is 22.2 Å². The molecular weight excluding hydrogens is 166 g/mol. The van der Waals surface area contributed by atoms with E-state index in [0.717, 1.165) is 19.4 Å². The molecule has 13 heavy (non-hydrogen) atoms. The van der Waals surface area contributed by atoms with E-state index in [4.69, 9.17) is 0 Å². The maximum Gasteiger partial charge on any atom is 0.252 e. The minimum Gasteiger partial charge on any atom is -0.370 e. The van der Waals surface area contributed by atoms with Crippen LogP contribution >= 0.6 is 0 Å². The molecule has 0 saturated heterocycles. The van der Waals surface area contributed by atoms with Gasteiger partial charge in [0.15, 0.2) is 0 Å². The fourth-order valence-corrected chi connectivity index (χ4v) is 1.06. The van der Waals surface area contributed by atoms with Gasteiger partial charge in [0.2, 0.25) is 0 Å². The maximum atomic E-state index is 11.0. The van der Waals surface area contributed by atoms with Gasteiger partial charge < -0.3 is 10.3 Å². The van der Waals surface area contributed by atoms with Crippen molar-refractivity contribution in [1.29, 1.82) is 0 Å². The van der Waals surface area contributed by atoms with Gasteiger partial charge in [-0.05, 0) is 13.3 Å². The van der Waals surface area contributed by atoms with E-state index in [1.165, 1.54) is 6.07 Å². The first-order valence-corrected chi connectivity index (χ1v) is 4.54. The summed E-state index contributed by atoms with van der Waals surface area (Å²) in [5.41, 5.74) is -0.105. The number of aromatic nitrogens is 2. The predicted molar refractivity (Wildman–Crippen MR) is 53.0 cm³/mol. The van der Waals surface area contributed by atoms with Gasteiger partial charge in [-0.1, -0.05) is 13.3 Å². The lowest BCUT2D eigenvalue weighted by molar-refractivity contribution is 0.828. The van der Waals surface area contributed by atoms with E-state index in [1.807, 2.05) is 0 Å². The number of nitrogens with zero attached hydrogens (tertiary/aromatic N) is 1. The number of anilines is 1. The number of aryl methyl sites for hydroxylation is 1. The zero-order valence-electron chi connectivity index (χ0n) is 8.05. The van der Waals surface area contributed by atoms with Crippen molar-refractivity contribution >= 4 is 5.82 Å². The Balaban J connectivity index is 2.61. The van der Waals surface area contributed by atoms with Crippen molar-refractivity contribution in [2.24, 2.45) is 0 Å². The second-order valence-electron chi connectivity index (χ2n) is 3.00. The van der Waals surface area contributed by atoms with Gasteiger partial charge in [0.25, 0.3) is 5.56 Å². The lowest BCUT2D eigenvalue weighted by Gasteiger charge is -2.03. The zero-order valence-corrected chi connectivity index (χ0v) is 8.05. The van der Waals surface area contributed by atoms with Crippen molar-refractivity contribution in [3.8, 4) is 0 Å². The average Bonchev–Trinajstić information content (AvgIpc) is 2.03. The Labute approximate surface area is 77.4 Å². The summed E-state index contributed by atoms with van der Waals surface area (Å²) in [6.07, 6.45) is 2.22. The molecule has 0 aliphatic carbocycles. The van der Waals surface area contributed by atoms with Crippen molar-refractivity contribution < 1.29 is 0 Å². The van der Waals surface area contributed by atoms with Crippen LogP contribution < -0.4 is 10.9 Å². The van der Waals surface area contributed by atoms with E-state index in [2.05, 4.69) is 22.2 Å². The molecule has 0 spiro atoms. The molecule has 4 nitrogen and oxygen atoms in total. The Morgan fingerprint density at radius 2 is 2.38 bits per heavy atom. The fourth-order valence-electron chi connectivity index (χ4n) is 1.06. The summed E-state index contributed by atoms with van der Waals surface area (Å²) in [5, 5.41) is 3.10.